The van der Waals surface area contributed by atoms with Crippen LogP contribution in [0.2, 0.25) is 0 Å². The molecule has 1 saturated heterocycles. The Labute approximate surface area is 97.7 Å². The van der Waals surface area contributed by atoms with E-state index in [0.717, 1.165) is 30.6 Å². The fraction of sp³-hybridized carbons (Fsp3) is 0.571. The van der Waals surface area contributed by atoms with E-state index in [1.165, 1.54) is 18.4 Å². The Kier molecular flexibility index (Phi) is 3.49. The van der Waals surface area contributed by atoms with Crippen LogP contribution in [0.25, 0.3) is 0 Å². The molecular weight excluding hydrogens is 198 g/mol. The molecule has 1 heterocycles. The van der Waals surface area contributed by atoms with Crippen LogP contribution in [0.3, 0.4) is 0 Å². The summed E-state index contributed by atoms with van der Waals surface area (Å²) < 4.78 is 0. The highest BCUT2D eigenvalue weighted by molar-refractivity contribution is 5.44. The maximum atomic E-state index is 10.1. The Balaban J connectivity index is 2.16. The predicted octanol–water partition coefficient (Wildman–Crippen LogP) is 2.55. The maximum absolute atomic E-state index is 10.1. The number of piperidine rings is 1. The number of rotatable bonds is 2. The molecule has 0 saturated carbocycles. The van der Waals surface area contributed by atoms with Crippen molar-refractivity contribution in [2.45, 2.75) is 33.1 Å². The minimum absolute atomic E-state index is 0.505. The number of phenols is 1. The van der Waals surface area contributed by atoms with Crippen LogP contribution in [0.15, 0.2) is 12.1 Å². The lowest BCUT2D eigenvalue weighted by Gasteiger charge is -2.24. The predicted molar refractivity (Wildman–Crippen MR) is 66.9 cm³/mol. The second-order valence-electron chi connectivity index (χ2n) is 4.94. The molecule has 1 atom stereocenters. The number of phenolic OH excluding ortho intramolecular Hbond substituents is 1. The first-order valence-electron chi connectivity index (χ1n) is 6.17. The van der Waals surface area contributed by atoms with Gasteiger partial charge in [0.15, 0.2) is 0 Å². The monoisotopic (exact) mass is 219 g/mol. The van der Waals surface area contributed by atoms with Gasteiger partial charge in [0.2, 0.25) is 0 Å². The molecule has 0 spiro atoms. The standard InChI is InChI=1S/C14H21NO/c1-10-5-6-11(2)14(16)13(10)8-12-4-3-7-15-9-12/h5-6,12,15-16H,3-4,7-9H2,1-2H3. The van der Waals surface area contributed by atoms with E-state index in [2.05, 4.69) is 18.3 Å². The molecule has 88 valence electrons. The van der Waals surface area contributed by atoms with Gasteiger partial charge in [0.1, 0.15) is 5.75 Å². The Morgan fingerprint density at radius 1 is 1.31 bits per heavy atom. The summed E-state index contributed by atoms with van der Waals surface area (Å²) in [6, 6.07) is 4.11. The largest absolute Gasteiger partial charge is 0.507 e. The van der Waals surface area contributed by atoms with Gasteiger partial charge in [-0.05, 0) is 68.8 Å². The molecule has 0 bridgehead atoms. The van der Waals surface area contributed by atoms with Crippen molar-refractivity contribution in [1.29, 1.82) is 0 Å². The molecule has 2 nitrogen and oxygen atoms in total. The Morgan fingerprint density at radius 2 is 2.06 bits per heavy atom. The maximum Gasteiger partial charge on any atom is 0.121 e. The first kappa shape index (κ1) is 11.5. The Hall–Kier alpha value is -1.02. The third-order valence-electron chi connectivity index (χ3n) is 3.61. The summed E-state index contributed by atoms with van der Waals surface area (Å²) in [5.74, 6) is 1.19. The molecular formula is C14H21NO. The van der Waals surface area contributed by atoms with E-state index in [0.29, 0.717) is 11.7 Å². The summed E-state index contributed by atoms with van der Waals surface area (Å²) in [5.41, 5.74) is 3.35. The summed E-state index contributed by atoms with van der Waals surface area (Å²) in [5, 5.41) is 13.5. The molecule has 0 amide bonds. The Morgan fingerprint density at radius 3 is 2.75 bits per heavy atom. The van der Waals surface area contributed by atoms with Crippen LogP contribution < -0.4 is 5.32 Å². The zero-order chi connectivity index (χ0) is 11.5. The average Bonchev–Trinajstić information content (AvgIpc) is 2.31. The minimum atomic E-state index is 0.505. The van der Waals surface area contributed by atoms with Crippen LogP contribution in [0, 0.1) is 19.8 Å². The molecule has 0 radical (unpaired) electrons. The van der Waals surface area contributed by atoms with Gasteiger partial charge in [-0.3, -0.25) is 0 Å². The Bertz CT molecular complexity index is 367. The molecule has 1 aromatic rings. The number of hydrogen-bond acceptors (Lipinski definition) is 2. The summed E-state index contributed by atoms with van der Waals surface area (Å²) in [6.45, 7) is 6.30. The van der Waals surface area contributed by atoms with Gasteiger partial charge in [0.05, 0.1) is 0 Å². The SMILES string of the molecule is Cc1ccc(C)c(CC2CCCNC2)c1O. The second kappa shape index (κ2) is 4.88. The summed E-state index contributed by atoms with van der Waals surface area (Å²) in [4.78, 5) is 0. The highest BCUT2D eigenvalue weighted by atomic mass is 16.3. The zero-order valence-corrected chi connectivity index (χ0v) is 10.2. The number of aryl methyl sites for hydroxylation is 2. The van der Waals surface area contributed by atoms with Crippen molar-refractivity contribution in [3.63, 3.8) is 0 Å². The molecule has 0 aromatic heterocycles. The quantitative estimate of drug-likeness (QED) is 0.801. The molecule has 2 N–H and O–H groups in total. The van der Waals surface area contributed by atoms with Crippen molar-refractivity contribution >= 4 is 0 Å². The summed E-state index contributed by atoms with van der Waals surface area (Å²) in [7, 11) is 0. The molecule has 0 aliphatic carbocycles. The van der Waals surface area contributed by atoms with Crippen LogP contribution >= 0.6 is 0 Å². The van der Waals surface area contributed by atoms with Crippen LogP contribution in [0.1, 0.15) is 29.5 Å². The van der Waals surface area contributed by atoms with Crippen LogP contribution in [0.4, 0.5) is 0 Å². The van der Waals surface area contributed by atoms with Crippen LogP contribution in [-0.4, -0.2) is 18.2 Å². The fourth-order valence-electron chi connectivity index (χ4n) is 2.50. The van der Waals surface area contributed by atoms with Gasteiger partial charge in [-0.15, -0.1) is 0 Å². The molecule has 2 rings (SSSR count). The molecule has 2 heteroatoms. The van der Waals surface area contributed by atoms with Gasteiger partial charge in [-0.2, -0.15) is 0 Å². The molecule has 16 heavy (non-hydrogen) atoms. The number of aromatic hydroxyl groups is 1. The van der Waals surface area contributed by atoms with E-state index in [-0.39, 0.29) is 0 Å². The van der Waals surface area contributed by atoms with E-state index in [1.807, 2.05) is 13.0 Å². The third-order valence-corrected chi connectivity index (χ3v) is 3.61. The van der Waals surface area contributed by atoms with Gasteiger partial charge in [0, 0.05) is 0 Å². The van der Waals surface area contributed by atoms with E-state index in [1.54, 1.807) is 0 Å². The fourth-order valence-corrected chi connectivity index (χ4v) is 2.50. The highest BCUT2D eigenvalue weighted by Gasteiger charge is 2.17. The number of nitrogens with one attached hydrogen (secondary N) is 1. The van der Waals surface area contributed by atoms with Crippen molar-refractivity contribution < 1.29 is 5.11 Å². The minimum Gasteiger partial charge on any atom is -0.507 e. The van der Waals surface area contributed by atoms with E-state index in [4.69, 9.17) is 0 Å². The van der Waals surface area contributed by atoms with Gasteiger partial charge in [-0.25, -0.2) is 0 Å². The van der Waals surface area contributed by atoms with E-state index < -0.39 is 0 Å². The van der Waals surface area contributed by atoms with Crippen LogP contribution in [-0.2, 0) is 6.42 Å². The van der Waals surface area contributed by atoms with Crippen molar-refractivity contribution in [1.82, 2.24) is 5.32 Å². The van der Waals surface area contributed by atoms with Gasteiger partial charge in [0.25, 0.3) is 0 Å². The average molecular weight is 219 g/mol. The second-order valence-corrected chi connectivity index (χ2v) is 4.94. The summed E-state index contributed by atoms with van der Waals surface area (Å²) >= 11 is 0. The van der Waals surface area contributed by atoms with Gasteiger partial charge < -0.3 is 10.4 Å². The van der Waals surface area contributed by atoms with Gasteiger partial charge >= 0.3 is 0 Å². The third kappa shape index (κ3) is 2.38. The first-order chi connectivity index (χ1) is 7.68. The molecule has 1 fully saturated rings. The van der Waals surface area contributed by atoms with Crippen molar-refractivity contribution in [3.05, 3.63) is 28.8 Å². The smallest absolute Gasteiger partial charge is 0.121 e. The van der Waals surface area contributed by atoms with Crippen molar-refractivity contribution in [2.75, 3.05) is 13.1 Å². The van der Waals surface area contributed by atoms with Crippen LogP contribution in [0.5, 0.6) is 5.75 Å². The lowest BCUT2D eigenvalue weighted by atomic mass is 9.89. The number of hydrogen-bond donors (Lipinski definition) is 2. The zero-order valence-electron chi connectivity index (χ0n) is 10.2. The van der Waals surface area contributed by atoms with E-state index >= 15 is 0 Å². The summed E-state index contributed by atoms with van der Waals surface area (Å²) in [6.07, 6.45) is 3.54. The molecule has 1 aliphatic rings. The topological polar surface area (TPSA) is 32.3 Å². The number of benzene rings is 1. The molecule has 1 aliphatic heterocycles. The van der Waals surface area contributed by atoms with Crippen molar-refractivity contribution in [3.8, 4) is 5.75 Å². The molecule has 1 unspecified atom stereocenters. The first-order valence-corrected chi connectivity index (χ1v) is 6.17. The molecule has 1 aromatic carbocycles. The lowest BCUT2D eigenvalue weighted by molar-refractivity contribution is 0.369. The normalized spacial score (nSPS) is 21.0. The van der Waals surface area contributed by atoms with Crippen molar-refractivity contribution in [2.24, 2.45) is 5.92 Å². The lowest BCUT2D eigenvalue weighted by Crippen LogP contribution is -2.31. The highest BCUT2D eigenvalue weighted by Crippen LogP contribution is 2.29. The van der Waals surface area contributed by atoms with E-state index in [9.17, 15) is 5.11 Å². The van der Waals surface area contributed by atoms with Gasteiger partial charge in [-0.1, -0.05) is 12.1 Å².